The summed E-state index contributed by atoms with van der Waals surface area (Å²) >= 11 is 0. The van der Waals surface area contributed by atoms with Crippen molar-refractivity contribution in [3.63, 3.8) is 0 Å². The van der Waals surface area contributed by atoms with E-state index in [0.717, 1.165) is 25.9 Å². The zero-order valence-corrected chi connectivity index (χ0v) is 13.6. The number of urea groups is 1. The van der Waals surface area contributed by atoms with Gasteiger partial charge in [0, 0.05) is 18.8 Å². The third kappa shape index (κ3) is 3.90. The summed E-state index contributed by atoms with van der Waals surface area (Å²) in [4.78, 5) is 14.3. The van der Waals surface area contributed by atoms with E-state index in [1.54, 1.807) is 0 Å². The van der Waals surface area contributed by atoms with E-state index in [9.17, 15) is 4.79 Å². The summed E-state index contributed by atoms with van der Waals surface area (Å²) in [5, 5.41) is 10.2. The zero-order valence-electron chi connectivity index (χ0n) is 13.6. The molecule has 1 atom stereocenters. The molecule has 122 valence electrons. The second-order valence-electron chi connectivity index (χ2n) is 6.16. The van der Waals surface area contributed by atoms with E-state index in [4.69, 9.17) is 0 Å². The van der Waals surface area contributed by atoms with Crippen molar-refractivity contribution >= 4 is 11.8 Å². The minimum Gasteiger partial charge on any atom is -0.331 e. The SMILES string of the molecule is CN(C)CCn1ccc(NC(=O)N[C@@H]2CCc3ccccc32)n1. The van der Waals surface area contributed by atoms with Gasteiger partial charge in [-0.3, -0.25) is 10.00 Å². The Morgan fingerprint density at radius 1 is 1.35 bits per heavy atom. The molecule has 23 heavy (non-hydrogen) atoms. The highest BCUT2D eigenvalue weighted by molar-refractivity contribution is 5.88. The van der Waals surface area contributed by atoms with E-state index >= 15 is 0 Å². The van der Waals surface area contributed by atoms with Crippen molar-refractivity contribution in [1.29, 1.82) is 0 Å². The lowest BCUT2D eigenvalue weighted by molar-refractivity contribution is 0.248. The number of aromatic nitrogens is 2. The monoisotopic (exact) mass is 313 g/mol. The summed E-state index contributed by atoms with van der Waals surface area (Å²) < 4.78 is 1.83. The molecule has 0 saturated carbocycles. The number of amides is 2. The number of nitrogens with zero attached hydrogens (tertiary/aromatic N) is 3. The maximum atomic E-state index is 12.2. The van der Waals surface area contributed by atoms with Gasteiger partial charge in [-0.05, 0) is 38.1 Å². The van der Waals surface area contributed by atoms with E-state index in [0.29, 0.717) is 5.82 Å². The van der Waals surface area contributed by atoms with Crippen LogP contribution in [0.2, 0.25) is 0 Å². The van der Waals surface area contributed by atoms with Crippen LogP contribution in [0.25, 0.3) is 0 Å². The number of likely N-dealkylation sites (N-methyl/N-ethyl adjacent to an activating group) is 1. The van der Waals surface area contributed by atoms with Crippen LogP contribution in [0.1, 0.15) is 23.6 Å². The second-order valence-corrected chi connectivity index (χ2v) is 6.16. The summed E-state index contributed by atoms with van der Waals surface area (Å²) in [5.41, 5.74) is 2.55. The molecule has 0 saturated heterocycles. The largest absolute Gasteiger partial charge is 0.331 e. The zero-order chi connectivity index (χ0) is 16.2. The van der Waals surface area contributed by atoms with Gasteiger partial charge >= 0.3 is 6.03 Å². The summed E-state index contributed by atoms with van der Waals surface area (Å²) in [7, 11) is 4.05. The summed E-state index contributed by atoms with van der Waals surface area (Å²) in [6, 6.07) is 9.97. The number of fused-ring (bicyclic) bond motifs is 1. The van der Waals surface area contributed by atoms with E-state index < -0.39 is 0 Å². The predicted octanol–water partition coefficient (Wildman–Crippen LogP) is 2.25. The van der Waals surface area contributed by atoms with E-state index in [1.807, 2.05) is 43.2 Å². The minimum atomic E-state index is -0.204. The molecule has 0 unspecified atom stereocenters. The van der Waals surface area contributed by atoms with Gasteiger partial charge in [-0.15, -0.1) is 0 Å². The molecule has 2 amide bonds. The van der Waals surface area contributed by atoms with Crippen LogP contribution in [0.3, 0.4) is 0 Å². The Labute approximate surface area is 136 Å². The number of carbonyl (C=O) groups excluding carboxylic acids is 1. The molecule has 6 nitrogen and oxygen atoms in total. The van der Waals surface area contributed by atoms with Gasteiger partial charge in [0.05, 0.1) is 12.6 Å². The topological polar surface area (TPSA) is 62.2 Å². The van der Waals surface area contributed by atoms with Crippen LogP contribution in [-0.2, 0) is 13.0 Å². The Morgan fingerprint density at radius 2 is 2.17 bits per heavy atom. The maximum Gasteiger partial charge on any atom is 0.320 e. The first-order valence-corrected chi connectivity index (χ1v) is 7.95. The Balaban J connectivity index is 1.54. The van der Waals surface area contributed by atoms with Gasteiger partial charge in [0.2, 0.25) is 0 Å². The lowest BCUT2D eigenvalue weighted by atomic mass is 10.1. The molecule has 1 aromatic heterocycles. The van der Waals surface area contributed by atoms with Gasteiger partial charge in [-0.2, -0.15) is 5.10 Å². The first-order chi connectivity index (χ1) is 11.1. The number of benzene rings is 1. The molecule has 0 radical (unpaired) electrons. The minimum absolute atomic E-state index is 0.0852. The van der Waals surface area contributed by atoms with Crippen LogP contribution in [-0.4, -0.2) is 41.4 Å². The van der Waals surface area contributed by atoms with Crippen LogP contribution >= 0.6 is 0 Å². The van der Waals surface area contributed by atoms with Crippen molar-refractivity contribution in [2.75, 3.05) is 26.0 Å². The van der Waals surface area contributed by atoms with Crippen LogP contribution < -0.4 is 10.6 Å². The van der Waals surface area contributed by atoms with E-state index in [2.05, 4.69) is 32.8 Å². The van der Waals surface area contributed by atoms with Crippen LogP contribution in [0, 0.1) is 0 Å². The molecule has 0 fully saturated rings. The van der Waals surface area contributed by atoms with Gasteiger partial charge < -0.3 is 10.2 Å². The molecule has 1 aliphatic rings. The van der Waals surface area contributed by atoms with Gasteiger partial charge in [-0.1, -0.05) is 24.3 Å². The van der Waals surface area contributed by atoms with Crippen molar-refractivity contribution in [3.05, 3.63) is 47.7 Å². The molecule has 2 N–H and O–H groups in total. The lowest BCUT2D eigenvalue weighted by Gasteiger charge is -2.14. The Kier molecular flexibility index (Phi) is 4.62. The molecule has 3 rings (SSSR count). The summed E-state index contributed by atoms with van der Waals surface area (Å²) in [5.74, 6) is 0.576. The Hall–Kier alpha value is -2.34. The molecule has 0 aliphatic heterocycles. The van der Waals surface area contributed by atoms with Crippen molar-refractivity contribution < 1.29 is 4.79 Å². The highest BCUT2D eigenvalue weighted by atomic mass is 16.2. The number of hydrogen-bond donors (Lipinski definition) is 2. The number of anilines is 1. The number of hydrogen-bond acceptors (Lipinski definition) is 3. The smallest absolute Gasteiger partial charge is 0.320 e. The van der Waals surface area contributed by atoms with Crippen LogP contribution in [0.4, 0.5) is 10.6 Å². The average molecular weight is 313 g/mol. The van der Waals surface area contributed by atoms with Crippen molar-refractivity contribution in [2.24, 2.45) is 0 Å². The third-order valence-corrected chi connectivity index (χ3v) is 4.10. The normalized spacial score (nSPS) is 16.4. The molecule has 1 heterocycles. The maximum absolute atomic E-state index is 12.2. The third-order valence-electron chi connectivity index (χ3n) is 4.10. The van der Waals surface area contributed by atoms with E-state index in [-0.39, 0.29) is 12.1 Å². The molecule has 1 aliphatic carbocycles. The first kappa shape index (κ1) is 15.6. The lowest BCUT2D eigenvalue weighted by Crippen LogP contribution is -2.31. The molecule has 6 heteroatoms. The van der Waals surface area contributed by atoms with Crippen LogP contribution in [0.15, 0.2) is 36.5 Å². The van der Waals surface area contributed by atoms with E-state index in [1.165, 1.54) is 11.1 Å². The van der Waals surface area contributed by atoms with Crippen LogP contribution in [0.5, 0.6) is 0 Å². The number of carbonyl (C=O) groups is 1. The molecule has 0 spiro atoms. The molecule has 0 bridgehead atoms. The van der Waals surface area contributed by atoms with Crippen molar-refractivity contribution in [2.45, 2.75) is 25.4 Å². The second kappa shape index (κ2) is 6.83. The number of nitrogens with one attached hydrogen (secondary N) is 2. The molecule has 2 aromatic rings. The van der Waals surface area contributed by atoms with Crippen molar-refractivity contribution in [3.8, 4) is 0 Å². The predicted molar refractivity (Wildman–Crippen MR) is 90.4 cm³/mol. The fourth-order valence-electron chi connectivity index (χ4n) is 2.87. The van der Waals surface area contributed by atoms with Gasteiger partial charge in [0.25, 0.3) is 0 Å². The number of rotatable bonds is 5. The Morgan fingerprint density at radius 3 is 3.00 bits per heavy atom. The first-order valence-electron chi connectivity index (χ1n) is 7.95. The highest BCUT2D eigenvalue weighted by Gasteiger charge is 2.23. The average Bonchev–Trinajstić information content (AvgIpc) is 3.13. The van der Waals surface area contributed by atoms with Gasteiger partial charge in [-0.25, -0.2) is 4.79 Å². The fourth-order valence-corrected chi connectivity index (χ4v) is 2.87. The highest BCUT2D eigenvalue weighted by Crippen LogP contribution is 2.30. The Bertz CT molecular complexity index is 679. The number of aryl methyl sites for hydroxylation is 1. The fraction of sp³-hybridized carbons (Fsp3) is 0.412. The van der Waals surface area contributed by atoms with Crippen molar-refractivity contribution in [1.82, 2.24) is 20.0 Å². The quantitative estimate of drug-likeness (QED) is 0.890. The van der Waals surface area contributed by atoms with Gasteiger partial charge in [0.15, 0.2) is 5.82 Å². The summed E-state index contributed by atoms with van der Waals surface area (Å²) in [6.07, 6.45) is 3.84. The summed E-state index contributed by atoms with van der Waals surface area (Å²) in [6.45, 7) is 1.71. The molecule has 1 aromatic carbocycles. The molecular weight excluding hydrogens is 290 g/mol. The standard InChI is InChI=1S/C17H23N5O/c1-21(2)11-12-22-10-9-16(20-22)19-17(23)18-15-8-7-13-5-3-4-6-14(13)15/h3-6,9-10,15H,7-8,11-12H2,1-2H3,(H2,18,19,20,23)/t15-/m1/s1. The molecular formula is C17H23N5O. The van der Waals surface area contributed by atoms with Gasteiger partial charge in [0.1, 0.15) is 0 Å².